The van der Waals surface area contributed by atoms with E-state index < -0.39 is 43.4 Å². The molecular formula is C26H51N8O7P. The maximum atomic E-state index is 13.4. The highest BCUT2D eigenvalue weighted by atomic mass is 31.2. The van der Waals surface area contributed by atoms with E-state index in [2.05, 4.69) is 10.1 Å². The predicted molar refractivity (Wildman–Crippen MR) is 161 cm³/mol. The van der Waals surface area contributed by atoms with Gasteiger partial charge in [0, 0.05) is 32.0 Å². The van der Waals surface area contributed by atoms with Crippen molar-refractivity contribution < 1.29 is 34.0 Å². The third-order valence-corrected chi connectivity index (χ3v) is 10.4. The van der Waals surface area contributed by atoms with Crippen LogP contribution in [-0.2, 0) is 23.7 Å². The Hall–Kier alpha value is -2.74. The van der Waals surface area contributed by atoms with Gasteiger partial charge in [0.05, 0.1) is 6.04 Å². The van der Waals surface area contributed by atoms with Gasteiger partial charge in [0.25, 0.3) is 0 Å². The number of carbonyl (C=O) groups excluding carboxylic acids is 2. The largest absolute Gasteiger partial charge is 0.480 e. The summed E-state index contributed by atoms with van der Waals surface area (Å²) in [5, 5.41) is 20.9. The molecule has 4 atom stereocenters. The van der Waals surface area contributed by atoms with Crippen molar-refractivity contribution in [2.24, 2.45) is 27.9 Å². The Morgan fingerprint density at radius 2 is 1.55 bits per heavy atom. The van der Waals surface area contributed by atoms with Crippen LogP contribution in [0, 0.1) is 0 Å². The average Bonchev–Trinajstić information content (AvgIpc) is 3.65. The van der Waals surface area contributed by atoms with Gasteiger partial charge in [0.1, 0.15) is 25.4 Å². The molecule has 2 aliphatic rings. The van der Waals surface area contributed by atoms with Crippen LogP contribution in [0.1, 0.15) is 71.6 Å². The molecule has 15 nitrogen and oxygen atoms in total. The lowest BCUT2D eigenvalue weighted by Gasteiger charge is -2.33. The molecular weight excluding hydrogens is 567 g/mol. The average molecular weight is 619 g/mol. The zero-order valence-corrected chi connectivity index (χ0v) is 25.8. The topological polar surface area (TPSA) is 261 Å². The molecule has 2 heterocycles. The van der Waals surface area contributed by atoms with E-state index in [1.165, 1.54) is 4.90 Å². The highest BCUT2D eigenvalue weighted by molar-refractivity contribution is 7.61. The number of unbranched alkanes of at least 4 members (excludes halogenated alkanes) is 1. The maximum Gasteiger partial charge on any atom is 0.326 e. The first-order chi connectivity index (χ1) is 19.8. The summed E-state index contributed by atoms with van der Waals surface area (Å²) in [6.07, 6.45) is 6.21. The van der Waals surface area contributed by atoms with Gasteiger partial charge in [-0.1, -0.05) is 20.3 Å². The number of aliphatic imine (C=N–C) groups is 1. The summed E-state index contributed by atoms with van der Waals surface area (Å²) >= 11 is 0. The molecule has 0 bridgehead atoms. The Labute approximate surface area is 248 Å². The summed E-state index contributed by atoms with van der Waals surface area (Å²) in [6, 6.07) is -2.89. The SMILES string of the molecule is CCP(=O)(CC)N[C@@H](CCCCN)C(=O)N1CCC[C@H]1C(=O)N1CCC[C@H]1C(=O)O.NC(N)=NCCC[C@H](N)C(=O)O. The summed E-state index contributed by atoms with van der Waals surface area (Å²) in [7, 11) is -2.67. The van der Waals surface area contributed by atoms with Gasteiger partial charge >= 0.3 is 11.9 Å². The molecule has 2 saturated heterocycles. The molecule has 0 aliphatic carbocycles. The third kappa shape index (κ3) is 11.9. The minimum atomic E-state index is -2.67. The fraction of sp³-hybridized carbons (Fsp3) is 0.808. The minimum Gasteiger partial charge on any atom is -0.480 e. The van der Waals surface area contributed by atoms with E-state index in [-0.39, 0.29) is 17.8 Å². The lowest BCUT2D eigenvalue weighted by atomic mass is 10.1. The first-order valence-electron chi connectivity index (χ1n) is 14.7. The quantitative estimate of drug-likeness (QED) is 0.0518. The predicted octanol–water partition coefficient (Wildman–Crippen LogP) is -0.0900. The number of carboxylic acids is 2. The maximum absolute atomic E-state index is 13.4. The number of nitrogens with one attached hydrogen (secondary N) is 1. The highest BCUT2D eigenvalue weighted by Gasteiger charge is 2.43. The minimum absolute atomic E-state index is 0.0129. The molecule has 16 heteroatoms. The number of carbonyl (C=O) groups is 4. The van der Waals surface area contributed by atoms with E-state index in [9.17, 15) is 28.8 Å². The van der Waals surface area contributed by atoms with E-state index in [1.807, 2.05) is 13.8 Å². The van der Waals surface area contributed by atoms with E-state index in [0.717, 1.165) is 12.8 Å². The number of carboxylic acid groups (broad SMARTS) is 2. The highest BCUT2D eigenvalue weighted by Crippen LogP contribution is 2.41. The number of amides is 2. The number of guanidine groups is 1. The Morgan fingerprint density at radius 1 is 0.952 bits per heavy atom. The standard InChI is InChI=1S/C20H37N4O5P.C6H14N4O2/c1-3-30(29,4-2)22-15(9-5-6-12-21)18(25)23-13-7-10-16(23)19(26)24-14-8-11-17(24)20(27)28;7-4(5(11)12)2-1-3-10-6(8)9/h15-17H,3-14,21H2,1-2H3,(H,22,29)(H,27,28);4H,1-3,7H2,(H,11,12)(H4,8,9,10)/t15-,16-,17-;4-/m00/s1. The first-order valence-corrected chi connectivity index (χ1v) is 16.8. The Balaban J connectivity index is 0.000000619. The second-order valence-electron chi connectivity index (χ2n) is 10.6. The van der Waals surface area contributed by atoms with E-state index in [0.29, 0.717) is 83.4 Å². The molecule has 11 N–H and O–H groups in total. The van der Waals surface area contributed by atoms with E-state index in [4.69, 9.17) is 28.0 Å². The number of aliphatic carboxylic acids is 2. The number of nitrogens with zero attached hydrogens (tertiary/aromatic N) is 3. The molecule has 2 amide bonds. The van der Waals surface area contributed by atoms with Crippen LogP contribution in [0.5, 0.6) is 0 Å². The molecule has 242 valence electrons. The van der Waals surface area contributed by atoms with Crippen molar-refractivity contribution >= 4 is 37.0 Å². The van der Waals surface area contributed by atoms with Crippen LogP contribution in [0.3, 0.4) is 0 Å². The van der Waals surface area contributed by atoms with Gasteiger partial charge in [-0.2, -0.15) is 0 Å². The Kier molecular flexibility index (Phi) is 16.6. The summed E-state index contributed by atoms with van der Waals surface area (Å²) in [5.74, 6) is -2.47. The van der Waals surface area contributed by atoms with Crippen LogP contribution < -0.4 is 28.0 Å². The van der Waals surface area contributed by atoms with Gasteiger partial charge < -0.3 is 47.5 Å². The first kappa shape index (κ1) is 37.3. The number of rotatable bonds is 16. The summed E-state index contributed by atoms with van der Waals surface area (Å²) < 4.78 is 13.0. The van der Waals surface area contributed by atoms with Gasteiger partial charge in [0.2, 0.25) is 11.8 Å². The fourth-order valence-electron chi connectivity index (χ4n) is 5.04. The van der Waals surface area contributed by atoms with Gasteiger partial charge in [-0.05, 0) is 57.9 Å². The molecule has 0 aromatic heterocycles. The van der Waals surface area contributed by atoms with Crippen LogP contribution in [0.2, 0.25) is 0 Å². The van der Waals surface area contributed by atoms with E-state index >= 15 is 0 Å². The number of likely N-dealkylation sites (tertiary alicyclic amines) is 2. The number of hydrogen-bond donors (Lipinski definition) is 7. The van der Waals surface area contributed by atoms with Crippen molar-refractivity contribution in [3.63, 3.8) is 0 Å². The molecule has 2 rings (SSSR count). The molecule has 0 unspecified atom stereocenters. The second kappa shape index (κ2) is 18.7. The van der Waals surface area contributed by atoms with Crippen LogP contribution in [0.15, 0.2) is 4.99 Å². The zero-order chi connectivity index (χ0) is 31.9. The van der Waals surface area contributed by atoms with Crippen LogP contribution >= 0.6 is 7.29 Å². The molecule has 0 aromatic rings. The molecule has 42 heavy (non-hydrogen) atoms. The zero-order valence-electron chi connectivity index (χ0n) is 24.9. The summed E-state index contributed by atoms with van der Waals surface area (Å²) in [4.78, 5) is 54.9. The smallest absolute Gasteiger partial charge is 0.326 e. The van der Waals surface area contributed by atoms with Crippen LogP contribution in [0.25, 0.3) is 0 Å². The van der Waals surface area contributed by atoms with Gasteiger partial charge in [-0.15, -0.1) is 0 Å². The normalized spacial score (nSPS) is 19.9. The molecule has 0 radical (unpaired) electrons. The van der Waals surface area contributed by atoms with Crippen molar-refractivity contribution in [3.8, 4) is 0 Å². The summed E-state index contributed by atoms with van der Waals surface area (Å²) in [5.41, 5.74) is 20.9. The van der Waals surface area contributed by atoms with Gasteiger partial charge in [0.15, 0.2) is 5.96 Å². The van der Waals surface area contributed by atoms with Crippen molar-refractivity contribution in [1.82, 2.24) is 14.9 Å². The Bertz CT molecular complexity index is 970. The molecule has 2 aliphatic heterocycles. The van der Waals surface area contributed by atoms with Crippen LogP contribution in [-0.4, -0.2) is 112 Å². The Morgan fingerprint density at radius 3 is 2.07 bits per heavy atom. The summed E-state index contributed by atoms with van der Waals surface area (Å²) in [6.45, 7) is 5.51. The molecule has 0 saturated carbocycles. The fourth-order valence-corrected chi connectivity index (χ4v) is 6.66. The lowest BCUT2D eigenvalue weighted by Crippen LogP contribution is -2.54. The van der Waals surface area contributed by atoms with E-state index in [1.54, 1.807) is 4.90 Å². The van der Waals surface area contributed by atoms with Crippen molar-refractivity contribution in [1.29, 1.82) is 0 Å². The van der Waals surface area contributed by atoms with Crippen molar-refractivity contribution in [2.75, 3.05) is 38.5 Å². The number of hydrogen-bond acceptors (Lipinski definition) is 8. The third-order valence-electron chi connectivity index (χ3n) is 7.58. The van der Waals surface area contributed by atoms with Crippen LogP contribution in [0.4, 0.5) is 0 Å². The monoisotopic (exact) mass is 618 g/mol. The van der Waals surface area contributed by atoms with Crippen molar-refractivity contribution in [2.45, 2.75) is 95.8 Å². The molecule has 0 aromatic carbocycles. The molecule has 2 fully saturated rings. The van der Waals surface area contributed by atoms with Crippen molar-refractivity contribution in [3.05, 3.63) is 0 Å². The van der Waals surface area contributed by atoms with Gasteiger partial charge in [-0.25, -0.2) is 4.79 Å². The number of nitrogens with two attached hydrogens (primary N) is 4. The second-order valence-corrected chi connectivity index (χ2v) is 13.9. The lowest BCUT2D eigenvalue weighted by molar-refractivity contribution is -0.152. The van der Waals surface area contributed by atoms with Gasteiger partial charge in [-0.3, -0.25) is 24.5 Å². The molecule has 0 spiro atoms.